The Hall–Kier alpha value is -1.76. The maximum Gasteiger partial charge on any atom is 0.573 e. The molecule has 1 aliphatic rings. The van der Waals surface area contributed by atoms with Crippen LogP contribution in [0.2, 0.25) is 0 Å². The zero-order valence-corrected chi connectivity index (χ0v) is 9.65. The third-order valence-electron chi connectivity index (χ3n) is 3.13. The van der Waals surface area contributed by atoms with Crippen LogP contribution in [0.15, 0.2) is 24.3 Å². The summed E-state index contributed by atoms with van der Waals surface area (Å²) < 4.78 is 40.6. The molecule has 1 saturated carbocycles. The average molecular weight is 276 g/mol. The van der Waals surface area contributed by atoms with Gasteiger partial charge in [-0.2, -0.15) is 0 Å². The number of alkyl halides is 3. The van der Waals surface area contributed by atoms with Crippen molar-refractivity contribution in [2.75, 3.05) is 0 Å². The van der Waals surface area contributed by atoms with Crippen LogP contribution in [0.25, 0.3) is 0 Å². The minimum absolute atomic E-state index is 0.0372. The normalized spacial score (nSPS) is 26.6. The Balaban J connectivity index is 2.24. The van der Waals surface area contributed by atoms with E-state index in [1.807, 2.05) is 0 Å². The van der Waals surface area contributed by atoms with Crippen molar-refractivity contribution in [2.24, 2.45) is 5.92 Å². The largest absolute Gasteiger partial charge is 0.573 e. The number of halogens is 3. The highest BCUT2D eigenvalue weighted by atomic mass is 19.4. The van der Waals surface area contributed by atoms with Crippen LogP contribution in [0.4, 0.5) is 13.2 Å². The van der Waals surface area contributed by atoms with Crippen LogP contribution in [0.5, 0.6) is 5.75 Å². The van der Waals surface area contributed by atoms with Gasteiger partial charge in [0.25, 0.3) is 0 Å². The number of para-hydroxylation sites is 1. The van der Waals surface area contributed by atoms with Crippen molar-refractivity contribution in [3.63, 3.8) is 0 Å². The first-order valence-corrected chi connectivity index (χ1v) is 5.52. The van der Waals surface area contributed by atoms with Crippen LogP contribution < -0.4 is 4.74 Å². The summed E-state index contributed by atoms with van der Waals surface area (Å²) in [5, 5.41) is 18.9. The van der Waals surface area contributed by atoms with Crippen LogP contribution >= 0.6 is 0 Å². The second-order valence-corrected chi connectivity index (χ2v) is 4.52. The Bertz CT molecular complexity index is 492. The molecule has 2 N–H and O–H groups in total. The van der Waals surface area contributed by atoms with Crippen molar-refractivity contribution in [1.29, 1.82) is 0 Å². The van der Waals surface area contributed by atoms with Crippen molar-refractivity contribution in [3.05, 3.63) is 29.8 Å². The SMILES string of the molecule is O=C(O)C1CC(O)(c2ccccc2OC(F)(F)F)C1. The van der Waals surface area contributed by atoms with E-state index in [9.17, 15) is 23.1 Å². The molecule has 0 unspecified atom stereocenters. The predicted molar refractivity (Wildman–Crippen MR) is 57.4 cm³/mol. The highest BCUT2D eigenvalue weighted by molar-refractivity contribution is 5.72. The zero-order chi connectivity index (χ0) is 14.3. The minimum Gasteiger partial charge on any atom is -0.481 e. The van der Waals surface area contributed by atoms with Crippen molar-refractivity contribution in [3.8, 4) is 5.75 Å². The number of rotatable bonds is 3. The monoisotopic (exact) mass is 276 g/mol. The Morgan fingerprint density at radius 1 is 1.32 bits per heavy atom. The fraction of sp³-hybridized carbons (Fsp3) is 0.417. The number of ether oxygens (including phenoxy) is 1. The van der Waals surface area contributed by atoms with Crippen LogP contribution in [0, 0.1) is 5.92 Å². The van der Waals surface area contributed by atoms with Gasteiger partial charge in [0.2, 0.25) is 0 Å². The molecule has 0 aromatic heterocycles. The summed E-state index contributed by atoms with van der Waals surface area (Å²) in [7, 11) is 0. The summed E-state index contributed by atoms with van der Waals surface area (Å²) in [6.07, 6.45) is -5.11. The van der Waals surface area contributed by atoms with Crippen LogP contribution in [-0.2, 0) is 10.4 Å². The second kappa shape index (κ2) is 4.41. The number of carbonyl (C=O) groups is 1. The van der Waals surface area contributed by atoms with Crippen LogP contribution in [-0.4, -0.2) is 22.5 Å². The highest BCUT2D eigenvalue weighted by Crippen LogP contribution is 2.49. The predicted octanol–water partition coefficient (Wildman–Crippen LogP) is 2.27. The topological polar surface area (TPSA) is 66.8 Å². The summed E-state index contributed by atoms with van der Waals surface area (Å²) in [6.45, 7) is 0. The molecule has 0 aliphatic heterocycles. The van der Waals surface area contributed by atoms with Gasteiger partial charge in [-0.1, -0.05) is 18.2 Å². The van der Waals surface area contributed by atoms with Gasteiger partial charge in [-0.15, -0.1) is 13.2 Å². The van der Waals surface area contributed by atoms with Crippen molar-refractivity contribution < 1.29 is 32.9 Å². The van der Waals surface area contributed by atoms with Crippen LogP contribution in [0.1, 0.15) is 18.4 Å². The molecule has 1 aromatic carbocycles. The second-order valence-electron chi connectivity index (χ2n) is 4.52. The molecule has 2 rings (SSSR count). The van der Waals surface area contributed by atoms with Gasteiger partial charge >= 0.3 is 12.3 Å². The minimum atomic E-state index is -4.86. The van der Waals surface area contributed by atoms with E-state index >= 15 is 0 Å². The number of hydrogen-bond donors (Lipinski definition) is 2. The molecule has 7 heteroatoms. The standard InChI is InChI=1S/C12H11F3O4/c13-12(14,15)19-9-4-2-1-3-8(9)11(18)5-7(6-11)10(16)17/h1-4,7,18H,5-6H2,(H,16,17). The lowest BCUT2D eigenvalue weighted by Gasteiger charge is -2.42. The average Bonchev–Trinajstić information content (AvgIpc) is 2.23. The first kappa shape index (κ1) is 13.7. The molecular formula is C12H11F3O4. The van der Waals surface area contributed by atoms with Gasteiger partial charge in [-0.05, 0) is 18.9 Å². The molecule has 0 bridgehead atoms. The summed E-state index contributed by atoms with van der Waals surface area (Å²) in [5.41, 5.74) is -1.62. The van der Waals surface area contributed by atoms with Crippen LogP contribution in [0.3, 0.4) is 0 Å². The lowest BCUT2D eigenvalue weighted by Crippen LogP contribution is -2.44. The molecule has 1 fully saturated rings. The molecular weight excluding hydrogens is 265 g/mol. The van der Waals surface area contributed by atoms with E-state index in [1.54, 1.807) is 0 Å². The van der Waals surface area contributed by atoms with Crippen molar-refractivity contribution in [2.45, 2.75) is 24.8 Å². The first-order valence-electron chi connectivity index (χ1n) is 5.52. The molecule has 1 aliphatic carbocycles. The zero-order valence-electron chi connectivity index (χ0n) is 9.65. The molecule has 1 aromatic rings. The van der Waals surface area contributed by atoms with Crippen molar-refractivity contribution >= 4 is 5.97 Å². The number of carboxylic acid groups (broad SMARTS) is 1. The molecule has 0 radical (unpaired) electrons. The number of benzene rings is 1. The Morgan fingerprint density at radius 3 is 2.42 bits per heavy atom. The maximum atomic E-state index is 12.2. The lowest BCUT2D eigenvalue weighted by atomic mass is 9.67. The molecule has 4 nitrogen and oxygen atoms in total. The maximum absolute atomic E-state index is 12.2. The van der Waals surface area contributed by atoms with Gasteiger partial charge in [0.05, 0.1) is 11.5 Å². The van der Waals surface area contributed by atoms with Gasteiger partial charge in [0.1, 0.15) is 5.75 Å². The summed E-state index contributed by atoms with van der Waals surface area (Å²) >= 11 is 0. The number of carboxylic acids is 1. The summed E-state index contributed by atoms with van der Waals surface area (Å²) in [6, 6.07) is 5.21. The van der Waals surface area contributed by atoms with Gasteiger partial charge in [0, 0.05) is 5.56 Å². The molecule has 0 heterocycles. The first-order chi connectivity index (χ1) is 8.71. The third-order valence-corrected chi connectivity index (χ3v) is 3.13. The van der Waals surface area contributed by atoms with E-state index in [0.29, 0.717) is 0 Å². The third kappa shape index (κ3) is 2.81. The highest BCUT2D eigenvalue weighted by Gasteiger charge is 2.49. The van der Waals surface area contributed by atoms with E-state index in [0.717, 1.165) is 6.07 Å². The number of aliphatic hydroxyl groups is 1. The fourth-order valence-electron chi connectivity index (χ4n) is 2.21. The molecule has 104 valence electrons. The van der Waals surface area contributed by atoms with E-state index in [-0.39, 0.29) is 18.4 Å². The van der Waals surface area contributed by atoms with E-state index in [4.69, 9.17) is 5.11 Å². The Labute approximate surface area is 106 Å². The molecule has 0 atom stereocenters. The molecule has 0 saturated heterocycles. The molecule has 19 heavy (non-hydrogen) atoms. The van der Waals surface area contributed by atoms with Crippen molar-refractivity contribution in [1.82, 2.24) is 0 Å². The van der Waals surface area contributed by atoms with E-state index in [1.165, 1.54) is 18.2 Å². The van der Waals surface area contributed by atoms with E-state index in [2.05, 4.69) is 4.74 Å². The number of aliphatic carboxylic acids is 1. The molecule has 0 amide bonds. The Morgan fingerprint density at radius 2 is 1.89 bits per heavy atom. The summed E-state index contributed by atoms with van der Waals surface area (Å²) in [5.74, 6) is -2.32. The summed E-state index contributed by atoms with van der Waals surface area (Å²) in [4.78, 5) is 10.7. The van der Waals surface area contributed by atoms with Gasteiger partial charge in [-0.3, -0.25) is 4.79 Å². The smallest absolute Gasteiger partial charge is 0.481 e. The Kier molecular flexibility index (Phi) is 3.17. The van der Waals surface area contributed by atoms with Gasteiger partial charge < -0.3 is 14.9 Å². The quantitative estimate of drug-likeness (QED) is 0.888. The fourth-order valence-corrected chi connectivity index (χ4v) is 2.21. The lowest BCUT2D eigenvalue weighted by molar-refractivity contribution is -0.275. The van der Waals surface area contributed by atoms with Gasteiger partial charge in [0.15, 0.2) is 0 Å². The van der Waals surface area contributed by atoms with E-state index < -0.39 is 29.6 Å². The molecule has 0 spiro atoms. The van der Waals surface area contributed by atoms with Gasteiger partial charge in [-0.25, -0.2) is 0 Å². The number of hydrogen-bond acceptors (Lipinski definition) is 3.